The molecule has 10 aromatic rings. The van der Waals surface area contributed by atoms with E-state index in [2.05, 4.69) is 266 Å². The molecule has 10 rings (SSSR count). The van der Waals surface area contributed by atoms with E-state index in [-0.39, 0.29) is 0 Å². The van der Waals surface area contributed by atoms with Crippen molar-refractivity contribution >= 4 is 17.1 Å². The minimum Gasteiger partial charge on any atom is -0.311 e. The van der Waals surface area contributed by atoms with E-state index in [0.29, 0.717) is 0 Å². The Labute approximate surface area is 359 Å². The second-order valence-corrected chi connectivity index (χ2v) is 15.3. The van der Waals surface area contributed by atoms with Crippen molar-refractivity contribution in [2.45, 2.75) is 0 Å². The molecule has 0 fully saturated rings. The predicted molar refractivity (Wildman–Crippen MR) is 259 cm³/mol. The summed E-state index contributed by atoms with van der Waals surface area (Å²) < 4.78 is 0. The lowest BCUT2D eigenvalue weighted by Gasteiger charge is -2.26. The highest BCUT2D eigenvalue weighted by molar-refractivity contribution is 5.94. The Morgan fingerprint density at radius 2 is 0.344 bits per heavy atom. The lowest BCUT2D eigenvalue weighted by atomic mass is 9.89. The fraction of sp³-hybridized carbons (Fsp3) is 0. The lowest BCUT2D eigenvalue weighted by molar-refractivity contribution is 1.28. The molecule has 0 saturated carbocycles. The van der Waals surface area contributed by atoms with Gasteiger partial charge in [-0.05, 0) is 114 Å². The van der Waals surface area contributed by atoms with Crippen LogP contribution in [0.25, 0.3) is 77.9 Å². The van der Waals surface area contributed by atoms with Crippen molar-refractivity contribution < 1.29 is 0 Å². The van der Waals surface area contributed by atoms with Gasteiger partial charge in [0, 0.05) is 17.1 Å². The molecule has 0 aliphatic rings. The van der Waals surface area contributed by atoms with Crippen LogP contribution in [0.2, 0.25) is 0 Å². The van der Waals surface area contributed by atoms with Crippen LogP contribution in [0.4, 0.5) is 17.1 Å². The molecule has 1 heteroatoms. The topological polar surface area (TPSA) is 3.24 Å². The largest absolute Gasteiger partial charge is 0.311 e. The minimum absolute atomic E-state index is 1.09. The molecule has 0 atom stereocenters. The molecule has 0 heterocycles. The minimum atomic E-state index is 1.09. The highest BCUT2D eigenvalue weighted by Crippen LogP contribution is 2.43. The van der Waals surface area contributed by atoms with E-state index < -0.39 is 0 Å². The molecule has 0 amide bonds. The predicted octanol–water partition coefficient (Wildman–Crippen LogP) is 16.8. The summed E-state index contributed by atoms with van der Waals surface area (Å²) in [6, 6.07) is 93.8. The zero-order chi connectivity index (χ0) is 40.8. The van der Waals surface area contributed by atoms with Crippen molar-refractivity contribution in [1.82, 2.24) is 0 Å². The normalized spacial score (nSPS) is 11.0. The number of hydrogen-bond donors (Lipinski definition) is 0. The summed E-state index contributed by atoms with van der Waals surface area (Å²) in [5.41, 5.74) is 20.1. The number of rotatable bonds is 10. The van der Waals surface area contributed by atoms with Crippen molar-refractivity contribution in [2.24, 2.45) is 0 Å². The van der Waals surface area contributed by atoms with Gasteiger partial charge in [-0.2, -0.15) is 0 Å². The second-order valence-electron chi connectivity index (χ2n) is 15.3. The molecule has 0 radical (unpaired) electrons. The lowest BCUT2D eigenvalue weighted by Crippen LogP contribution is -2.09. The van der Waals surface area contributed by atoms with Crippen LogP contribution >= 0.6 is 0 Å². The third-order valence-corrected chi connectivity index (χ3v) is 11.6. The van der Waals surface area contributed by atoms with E-state index in [4.69, 9.17) is 0 Å². The maximum atomic E-state index is 2.36. The summed E-state index contributed by atoms with van der Waals surface area (Å²) in [7, 11) is 0. The van der Waals surface area contributed by atoms with Gasteiger partial charge < -0.3 is 4.90 Å². The molecule has 0 spiro atoms. The van der Waals surface area contributed by atoms with Gasteiger partial charge in [0.15, 0.2) is 0 Å². The summed E-state index contributed by atoms with van der Waals surface area (Å²) in [5.74, 6) is 0. The summed E-state index contributed by atoms with van der Waals surface area (Å²) in [5, 5.41) is 0. The van der Waals surface area contributed by atoms with E-state index in [9.17, 15) is 0 Å². The molecule has 61 heavy (non-hydrogen) atoms. The molecule has 0 aliphatic carbocycles. The Hall–Kier alpha value is -8.00. The zero-order valence-electron chi connectivity index (χ0n) is 33.8. The number of nitrogens with zero attached hydrogens (tertiary/aromatic N) is 1. The standard InChI is InChI=1S/C60H43N/c1-4-18-44(19-5-1)45-32-38-50(39-33-45)61(51-40-34-48(35-41-51)55-26-12-16-30-59(55)57-28-14-10-24-53(57)46-20-6-2-7-21-46)52-42-36-49(37-43-52)56-27-13-17-31-60(56)58-29-15-11-25-54(58)47-22-8-3-9-23-47/h1-43H. The van der Waals surface area contributed by atoms with Crippen molar-refractivity contribution in [2.75, 3.05) is 4.90 Å². The van der Waals surface area contributed by atoms with Gasteiger partial charge in [-0.3, -0.25) is 0 Å². The van der Waals surface area contributed by atoms with E-state index in [1.54, 1.807) is 0 Å². The van der Waals surface area contributed by atoms with Crippen molar-refractivity contribution in [3.8, 4) is 77.9 Å². The zero-order valence-corrected chi connectivity index (χ0v) is 33.8. The fourth-order valence-corrected chi connectivity index (χ4v) is 8.58. The Morgan fingerprint density at radius 3 is 0.639 bits per heavy atom. The molecule has 288 valence electrons. The summed E-state index contributed by atoms with van der Waals surface area (Å²) in [4.78, 5) is 2.36. The van der Waals surface area contributed by atoms with Gasteiger partial charge in [-0.1, -0.05) is 224 Å². The summed E-state index contributed by atoms with van der Waals surface area (Å²) >= 11 is 0. The monoisotopic (exact) mass is 777 g/mol. The van der Waals surface area contributed by atoms with E-state index in [1.165, 1.54) is 77.9 Å². The third kappa shape index (κ3) is 7.69. The molecule has 0 aliphatic heterocycles. The number of hydrogen-bond acceptors (Lipinski definition) is 1. The van der Waals surface area contributed by atoms with Gasteiger partial charge in [0.25, 0.3) is 0 Å². The quantitative estimate of drug-likeness (QED) is 0.134. The van der Waals surface area contributed by atoms with Gasteiger partial charge in [0.2, 0.25) is 0 Å². The molecule has 0 saturated heterocycles. The SMILES string of the molecule is c1ccc(-c2ccc(N(c3ccc(-c4ccccc4-c4ccccc4-c4ccccc4)cc3)c3ccc(-c4ccccc4-c4ccccc4-c4ccccc4)cc3)cc2)cc1. The van der Waals surface area contributed by atoms with Crippen molar-refractivity contribution in [1.29, 1.82) is 0 Å². The molecule has 0 N–H and O–H groups in total. The molecular weight excluding hydrogens is 735 g/mol. The summed E-state index contributed by atoms with van der Waals surface area (Å²) in [6.45, 7) is 0. The smallest absolute Gasteiger partial charge is 0.0462 e. The van der Waals surface area contributed by atoms with Gasteiger partial charge >= 0.3 is 0 Å². The van der Waals surface area contributed by atoms with Gasteiger partial charge in [-0.15, -0.1) is 0 Å². The van der Waals surface area contributed by atoms with Gasteiger partial charge in [0.1, 0.15) is 0 Å². The highest BCUT2D eigenvalue weighted by Gasteiger charge is 2.17. The molecule has 0 unspecified atom stereocenters. The number of anilines is 3. The maximum absolute atomic E-state index is 2.36. The van der Waals surface area contributed by atoms with Crippen LogP contribution in [0.1, 0.15) is 0 Å². The van der Waals surface area contributed by atoms with Crippen LogP contribution < -0.4 is 4.90 Å². The van der Waals surface area contributed by atoms with Crippen LogP contribution in [0.3, 0.4) is 0 Å². The molecule has 0 aromatic heterocycles. The van der Waals surface area contributed by atoms with Crippen LogP contribution in [-0.2, 0) is 0 Å². The number of benzene rings is 10. The molecule has 0 bridgehead atoms. The van der Waals surface area contributed by atoms with Crippen LogP contribution in [0.15, 0.2) is 261 Å². The average molecular weight is 778 g/mol. The fourth-order valence-electron chi connectivity index (χ4n) is 8.58. The van der Waals surface area contributed by atoms with E-state index in [0.717, 1.165) is 17.1 Å². The van der Waals surface area contributed by atoms with Crippen LogP contribution in [0, 0.1) is 0 Å². The first kappa shape index (κ1) is 37.3. The van der Waals surface area contributed by atoms with Crippen LogP contribution in [0.5, 0.6) is 0 Å². The first-order valence-electron chi connectivity index (χ1n) is 20.9. The molecular formula is C60H43N. The Bertz CT molecular complexity index is 2850. The maximum Gasteiger partial charge on any atom is 0.0462 e. The Kier molecular flexibility index (Phi) is 10.4. The van der Waals surface area contributed by atoms with Gasteiger partial charge in [-0.25, -0.2) is 0 Å². The highest BCUT2D eigenvalue weighted by atomic mass is 15.1. The average Bonchev–Trinajstić information content (AvgIpc) is 3.35. The van der Waals surface area contributed by atoms with Crippen molar-refractivity contribution in [3.05, 3.63) is 261 Å². The van der Waals surface area contributed by atoms with E-state index >= 15 is 0 Å². The first-order chi connectivity index (χ1) is 30.3. The second kappa shape index (κ2) is 17.1. The van der Waals surface area contributed by atoms with Crippen LogP contribution in [-0.4, -0.2) is 0 Å². The van der Waals surface area contributed by atoms with Crippen molar-refractivity contribution in [3.63, 3.8) is 0 Å². The third-order valence-electron chi connectivity index (χ3n) is 11.6. The summed E-state index contributed by atoms with van der Waals surface area (Å²) in [6.07, 6.45) is 0. The molecule has 10 aromatic carbocycles. The van der Waals surface area contributed by atoms with Gasteiger partial charge in [0.05, 0.1) is 0 Å². The Balaban J connectivity index is 1.03. The first-order valence-corrected chi connectivity index (χ1v) is 20.9. The van der Waals surface area contributed by atoms with E-state index in [1.807, 2.05) is 0 Å². The Morgan fingerprint density at radius 1 is 0.148 bits per heavy atom. The molecule has 1 nitrogen and oxygen atoms in total.